The second kappa shape index (κ2) is 7.97. The fraction of sp³-hybridized carbons (Fsp3) is 0.0870. The largest absolute Gasteiger partial charge is 0.337 e. The van der Waals surface area contributed by atoms with Crippen LogP contribution in [-0.2, 0) is 21.2 Å². The molecule has 0 radical (unpaired) electrons. The standard InChI is InChI=1S/C23H19ClN2O3S/c1-16-9-11-19(12-10-16)30(28,29)22-14-26(21-8-3-2-7-20(21)22)15-23(27)25-18-6-4-5-17(24)13-18/h2-14H,15H2,1H3,(H,25,27). The van der Waals surface area contributed by atoms with Crippen LogP contribution < -0.4 is 5.32 Å². The first kappa shape index (κ1) is 20.2. The van der Waals surface area contributed by atoms with Crippen LogP contribution >= 0.6 is 11.6 Å². The Kier molecular flexibility index (Phi) is 5.37. The number of fused-ring (bicyclic) bond motifs is 1. The summed E-state index contributed by atoms with van der Waals surface area (Å²) < 4.78 is 28.2. The molecule has 1 aromatic heterocycles. The molecule has 0 bridgehead atoms. The quantitative estimate of drug-likeness (QED) is 0.472. The molecule has 0 aliphatic heterocycles. The van der Waals surface area contributed by atoms with Gasteiger partial charge < -0.3 is 9.88 Å². The maximum atomic E-state index is 13.3. The van der Waals surface area contributed by atoms with E-state index in [1.807, 2.05) is 13.0 Å². The Morgan fingerprint density at radius 1 is 1.00 bits per heavy atom. The molecule has 1 amide bonds. The Labute approximate surface area is 179 Å². The summed E-state index contributed by atoms with van der Waals surface area (Å²) in [6.45, 7) is 1.87. The highest BCUT2D eigenvalue weighted by Gasteiger charge is 2.23. The van der Waals surface area contributed by atoms with Crippen molar-refractivity contribution in [3.8, 4) is 0 Å². The molecule has 0 aliphatic rings. The zero-order chi connectivity index (χ0) is 21.3. The minimum absolute atomic E-state index is 0.0313. The molecule has 4 rings (SSSR count). The van der Waals surface area contributed by atoms with Gasteiger partial charge in [0, 0.05) is 27.8 Å². The van der Waals surface area contributed by atoms with E-state index in [9.17, 15) is 13.2 Å². The van der Waals surface area contributed by atoms with Crippen molar-refractivity contribution in [1.82, 2.24) is 4.57 Å². The Morgan fingerprint density at radius 2 is 1.73 bits per heavy atom. The molecule has 30 heavy (non-hydrogen) atoms. The van der Waals surface area contributed by atoms with Crippen LogP contribution in [0, 0.1) is 6.92 Å². The van der Waals surface area contributed by atoms with Gasteiger partial charge in [-0.3, -0.25) is 4.79 Å². The van der Waals surface area contributed by atoms with Gasteiger partial charge in [-0.1, -0.05) is 53.6 Å². The Morgan fingerprint density at radius 3 is 2.47 bits per heavy atom. The number of anilines is 1. The number of carbonyl (C=O) groups is 1. The highest BCUT2D eigenvalue weighted by molar-refractivity contribution is 7.91. The van der Waals surface area contributed by atoms with Crippen LogP contribution in [0.15, 0.2) is 88.8 Å². The third-order valence-electron chi connectivity index (χ3n) is 4.80. The van der Waals surface area contributed by atoms with E-state index in [1.165, 1.54) is 6.20 Å². The second-order valence-electron chi connectivity index (χ2n) is 7.01. The van der Waals surface area contributed by atoms with Gasteiger partial charge >= 0.3 is 0 Å². The number of amides is 1. The van der Waals surface area contributed by atoms with E-state index in [2.05, 4.69) is 5.32 Å². The number of carbonyl (C=O) groups excluding carboxylic acids is 1. The van der Waals surface area contributed by atoms with Crippen molar-refractivity contribution in [3.05, 3.63) is 89.6 Å². The first-order valence-electron chi connectivity index (χ1n) is 9.30. The summed E-state index contributed by atoms with van der Waals surface area (Å²) in [6, 6.07) is 20.8. The van der Waals surface area contributed by atoms with Crippen molar-refractivity contribution in [2.24, 2.45) is 0 Å². The fourth-order valence-electron chi connectivity index (χ4n) is 3.32. The van der Waals surface area contributed by atoms with Gasteiger partial charge in [0.05, 0.1) is 9.79 Å². The molecule has 0 atom stereocenters. The van der Waals surface area contributed by atoms with Gasteiger partial charge in [0.25, 0.3) is 0 Å². The van der Waals surface area contributed by atoms with E-state index in [0.29, 0.717) is 21.6 Å². The summed E-state index contributed by atoms with van der Waals surface area (Å²) in [5.74, 6) is -0.280. The number of nitrogens with zero attached hydrogens (tertiary/aromatic N) is 1. The zero-order valence-electron chi connectivity index (χ0n) is 16.2. The lowest BCUT2D eigenvalue weighted by molar-refractivity contribution is -0.116. The number of rotatable bonds is 5. The maximum absolute atomic E-state index is 13.3. The highest BCUT2D eigenvalue weighted by atomic mass is 35.5. The summed E-state index contributed by atoms with van der Waals surface area (Å²) in [4.78, 5) is 13.0. The van der Waals surface area contributed by atoms with E-state index in [0.717, 1.165) is 5.56 Å². The van der Waals surface area contributed by atoms with Crippen molar-refractivity contribution >= 4 is 43.9 Å². The van der Waals surface area contributed by atoms with Crippen LogP contribution in [0.2, 0.25) is 5.02 Å². The molecule has 0 saturated heterocycles. The minimum atomic E-state index is -3.73. The van der Waals surface area contributed by atoms with Crippen LogP contribution in [0.25, 0.3) is 10.9 Å². The average Bonchev–Trinajstić information content (AvgIpc) is 3.07. The lowest BCUT2D eigenvalue weighted by Crippen LogP contribution is -2.18. The monoisotopic (exact) mass is 438 g/mol. The van der Waals surface area contributed by atoms with Gasteiger partial charge in [-0.05, 0) is 43.3 Å². The summed E-state index contributed by atoms with van der Waals surface area (Å²) in [5, 5.41) is 3.88. The number of aromatic nitrogens is 1. The normalized spacial score (nSPS) is 11.5. The molecule has 0 saturated carbocycles. The van der Waals surface area contributed by atoms with Crippen LogP contribution in [0.5, 0.6) is 0 Å². The third-order valence-corrected chi connectivity index (χ3v) is 6.83. The lowest BCUT2D eigenvalue weighted by atomic mass is 10.2. The van der Waals surface area contributed by atoms with E-state index in [4.69, 9.17) is 11.6 Å². The van der Waals surface area contributed by atoms with Crippen LogP contribution in [0.1, 0.15) is 5.56 Å². The number of para-hydroxylation sites is 1. The number of nitrogens with one attached hydrogen (secondary N) is 1. The van der Waals surface area contributed by atoms with E-state index < -0.39 is 9.84 Å². The number of halogens is 1. The molecule has 1 heterocycles. The van der Waals surface area contributed by atoms with Gasteiger partial charge in [-0.15, -0.1) is 0 Å². The Balaban J connectivity index is 1.70. The molecule has 0 unspecified atom stereocenters. The number of benzene rings is 3. The minimum Gasteiger partial charge on any atom is -0.337 e. The number of hydrogen-bond acceptors (Lipinski definition) is 3. The number of aryl methyl sites for hydroxylation is 1. The molecule has 7 heteroatoms. The van der Waals surface area contributed by atoms with Gasteiger partial charge in [-0.25, -0.2) is 8.42 Å². The third kappa shape index (κ3) is 3.97. The first-order chi connectivity index (χ1) is 14.3. The molecule has 0 spiro atoms. The van der Waals surface area contributed by atoms with Crippen molar-refractivity contribution in [2.45, 2.75) is 23.3 Å². The van der Waals surface area contributed by atoms with Gasteiger partial charge in [0.15, 0.2) is 0 Å². The van der Waals surface area contributed by atoms with E-state index >= 15 is 0 Å². The van der Waals surface area contributed by atoms with Gasteiger partial charge in [0.1, 0.15) is 6.54 Å². The first-order valence-corrected chi connectivity index (χ1v) is 11.2. The Bertz CT molecular complexity index is 1340. The topological polar surface area (TPSA) is 68.2 Å². The Hall–Kier alpha value is -3.09. The summed E-state index contributed by atoms with van der Waals surface area (Å²) in [6.07, 6.45) is 1.53. The van der Waals surface area contributed by atoms with E-state index in [1.54, 1.807) is 71.3 Å². The predicted molar refractivity (Wildman–Crippen MR) is 119 cm³/mol. The van der Waals surface area contributed by atoms with Crippen molar-refractivity contribution < 1.29 is 13.2 Å². The summed E-state index contributed by atoms with van der Waals surface area (Å²) >= 11 is 5.96. The van der Waals surface area contributed by atoms with Crippen molar-refractivity contribution in [3.63, 3.8) is 0 Å². The number of hydrogen-bond donors (Lipinski definition) is 1. The molecular weight excluding hydrogens is 420 g/mol. The molecule has 4 aromatic rings. The molecular formula is C23H19ClN2O3S. The van der Waals surface area contributed by atoms with Crippen molar-refractivity contribution in [2.75, 3.05) is 5.32 Å². The average molecular weight is 439 g/mol. The van der Waals surface area contributed by atoms with Crippen LogP contribution in [-0.4, -0.2) is 18.9 Å². The predicted octanol–water partition coefficient (Wildman–Crippen LogP) is 5.07. The molecule has 0 aliphatic carbocycles. The molecule has 0 fully saturated rings. The fourth-order valence-corrected chi connectivity index (χ4v) is 4.99. The molecule has 5 nitrogen and oxygen atoms in total. The highest BCUT2D eigenvalue weighted by Crippen LogP contribution is 2.30. The smallest absolute Gasteiger partial charge is 0.244 e. The number of sulfone groups is 1. The van der Waals surface area contributed by atoms with Gasteiger partial charge in [0.2, 0.25) is 15.7 Å². The maximum Gasteiger partial charge on any atom is 0.244 e. The molecule has 3 aromatic carbocycles. The molecule has 152 valence electrons. The second-order valence-corrected chi connectivity index (χ2v) is 9.37. The summed E-state index contributed by atoms with van der Waals surface area (Å²) in [7, 11) is -3.73. The van der Waals surface area contributed by atoms with E-state index in [-0.39, 0.29) is 22.2 Å². The van der Waals surface area contributed by atoms with Crippen LogP contribution in [0.3, 0.4) is 0 Å². The SMILES string of the molecule is Cc1ccc(S(=O)(=O)c2cn(CC(=O)Nc3cccc(Cl)c3)c3ccccc23)cc1. The molecule has 1 N–H and O–H groups in total. The van der Waals surface area contributed by atoms with Crippen LogP contribution in [0.4, 0.5) is 5.69 Å². The lowest BCUT2D eigenvalue weighted by Gasteiger charge is -2.07. The van der Waals surface area contributed by atoms with Crippen molar-refractivity contribution in [1.29, 1.82) is 0 Å². The van der Waals surface area contributed by atoms with Gasteiger partial charge in [-0.2, -0.15) is 0 Å². The summed E-state index contributed by atoms with van der Waals surface area (Å²) in [5.41, 5.74) is 2.23. The zero-order valence-corrected chi connectivity index (χ0v) is 17.7.